The predicted molar refractivity (Wildman–Crippen MR) is 70.3 cm³/mol. The Kier molecular flexibility index (Phi) is 2.27. The van der Waals surface area contributed by atoms with Gasteiger partial charge in [-0.05, 0) is 56.3 Å². The number of hydrazine groups is 1. The average Bonchev–Trinajstić information content (AvgIpc) is 2.37. The summed E-state index contributed by atoms with van der Waals surface area (Å²) in [7, 11) is 0. The van der Waals surface area contributed by atoms with Crippen LogP contribution in [0.1, 0.15) is 44.3 Å². The molecule has 0 saturated heterocycles. The number of nitrogens with two attached hydrogens (primary N) is 1. The summed E-state index contributed by atoms with van der Waals surface area (Å²) in [6.45, 7) is 0. The first-order valence-corrected chi connectivity index (χ1v) is 7.12. The molecule has 0 aliphatic heterocycles. The number of nitrogens with one attached hydrogen (secondary N) is 2. The highest BCUT2D eigenvalue weighted by Gasteiger charge is 2.53. The van der Waals surface area contributed by atoms with Crippen LogP contribution in [0.15, 0.2) is 4.79 Å². The van der Waals surface area contributed by atoms with Gasteiger partial charge in [0.15, 0.2) is 5.82 Å². The zero-order valence-electron chi connectivity index (χ0n) is 10.9. The van der Waals surface area contributed by atoms with E-state index in [-0.39, 0.29) is 16.8 Å². The lowest BCUT2D eigenvalue weighted by Crippen LogP contribution is -2.49. The normalized spacial score (nSPS) is 39.5. The molecule has 0 atom stereocenters. The Labute approximate surface area is 111 Å². The number of H-pyrrole nitrogens is 1. The maximum absolute atomic E-state index is 11.5. The molecule has 1 aromatic heterocycles. The molecule has 0 amide bonds. The van der Waals surface area contributed by atoms with E-state index < -0.39 is 0 Å². The Morgan fingerprint density at radius 1 is 1.16 bits per heavy atom. The highest BCUT2D eigenvalue weighted by molar-refractivity contribution is 5.30. The predicted octanol–water partition coefficient (Wildman–Crippen LogP) is 0.918. The minimum Gasteiger partial charge on any atom is -0.304 e. The van der Waals surface area contributed by atoms with Crippen molar-refractivity contribution in [3.05, 3.63) is 16.2 Å². The molecule has 4 bridgehead atoms. The fraction of sp³-hybridized carbons (Fsp3) is 0.769. The quantitative estimate of drug-likeness (QED) is 0.543. The van der Waals surface area contributed by atoms with E-state index in [1.54, 1.807) is 0 Å². The van der Waals surface area contributed by atoms with Crippen molar-refractivity contribution in [2.24, 2.45) is 23.6 Å². The van der Waals surface area contributed by atoms with Crippen LogP contribution >= 0.6 is 0 Å². The van der Waals surface area contributed by atoms with Crippen LogP contribution in [0.4, 0.5) is 5.82 Å². The van der Waals surface area contributed by atoms with Crippen LogP contribution in [0, 0.1) is 17.8 Å². The van der Waals surface area contributed by atoms with E-state index in [4.69, 9.17) is 5.84 Å². The van der Waals surface area contributed by atoms with Crippen molar-refractivity contribution in [2.45, 2.75) is 43.9 Å². The Bertz CT molecular complexity index is 531. The van der Waals surface area contributed by atoms with Gasteiger partial charge in [0, 0.05) is 5.41 Å². The van der Waals surface area contributed by atoms with Gasteiger partial charge >= 0.3 is 5.56 Å². The second kappa shape index (κ2) is 3.79. The lowest BCUT2D eigenvalue weighted by atomic mass is 9.49. The molecule has 6 heteroatoms. The number of nitrogen functional groups attached to an aromatic ring is 1. The fourth-order valence-electron chi connectivity index (χ4n) is 5.06. The molecule has 0 unspecified atom stereocenters. The van der Waals surface area contributed by atoms with Crippen LogP contribution in [0.25, 0.3) is 0 Å². The van der Waals surface area contributed by atoms with Crippen LogP contribution in [-0.4, -0.2) is 15.2 Å². The molecule has 1 aromatic rings. The second-order valence-electron chi connectivity index (χ2n) is 6.68. The first-order chi connectivity index (χ1) is 9.18. The van der Waals surface area contributed by atoms with Gasteiger partial charge in [0.25, 0.3) is 0 Å². The molecule has 0 radical (unpaired) electrons. The standard InChI is InChI=1S/C13H19N5O/c14-16-10-11(19)17-18-12(15-10)13-4-7-1-8(5-13)3-9(2-7)6-13/h7-9H,1-6,14H2,(H,17,19)(H,15,16,18). The van der Waals surface area contributed by atoms with Gasteiger partial charge in [-0.2, -0.15) is 5.10 Å². The summed E-state index contributed by atoms with van der Waals surface area (Å²) >= 11 is 0. The zero-order chi connectivity index (χ0) is 13.0. The monoisotopic (exact) mass is 261 g/mol. The smallest absolute Gasteiger partial charge is 0.304 e. The minimum atomic E-state index is -0.351. The number of hydrogen-bond acceptors (Lipinski definition) is 5. The lowest BCUT2D eigenvalue weighted by Gasteiger charge is -2.55. The second-order valence-corrected chi connectivity index (χ2v) is 6.68. The molecule has 0 spiro atoms. The first-order valence-electron chi connectivity index (χ1n) is 7.12. The van der Waals surface area contributed by atoms with Crippen molar-refractivity contribution in [3.8, 4) is 0 Å². The Morgan fingerprint density at radius 3 is 2.26 bits per heavy atom. The molecule has 1 heterocycles. The molecule has 4 fully saturated rings. The van der Waals surface area contributed by atoms with Gasteiger partial charge in [0.05, 0.1) is 0 Å². The number of anilines is 1. The molecular formula is C13H19N5O. The van der Waals surface area contributed by atoms with Crippen molar-refractivity contribution in [3.63, 3.8) is 0 Å². The van der Waals surface area contributed by atoms with E-state index in [2.05, 4.69) is 20.6 Å². The number of hydrogen-bond donors (Lipinski definition) is 3. The maximum atomic E-state index is 11.5. The van der Waals surface area contributed by atoms with Crippen molar-refractivity contribution in [1.29, 1.82) is 0 Å². The molecule has 4 N–H and O–H groups in total. The lowest BCUT2D eigenvalue weighted by molar-refractivity contribution is -0.00983. The van der Waals surface area contributed by atoms with Gasteiger partial charge in [0.1, 0.15) is 0 Å². The maximum Gasteiger partial charge on any atom is 0.308 e. The third-order valence-corrected chi connectivity index (χ3v) is 5.35. The summed E-state index contributed by atoms with van der Waals surface area (Å²) < 4.78 is 0. The minimum absolute atomic E-state index is 0.0878. The summed E-state index contributed by atoms with van der Waals surface area (Å²) in [6.07, 6.45) is 7.67. The van der Waals surface area contributed by atoms with Gasteiger partial charge < -0.3 is 5.43 Å². The topological polar surface area (TPSA) is 96.7 Å². The summed E-state index contributed by atoms with van der Waals surface area (Å²) in [5.74, 6) is 8.81. The van der Waals surface area contributed by atoms with Gasteiger partial charge in [0.2, 0.25) is 5.82 Å². The Hall–Kier alpha value is -1.43. The van der Waals surface area contributed by atoms with Crippen molar-refractivity contribution in [2.75, 3.05) is 5.43 Å². The molecule has 102 valence electrons. The van der Waals surface area contributed by atoms with Crippen LogP contribution < -0.4 is 16.8 Å². The third-order valence-electron chi connectivity index (χ3n) is 5.35. The molecule has 4 aliphatic rings. The summed E-state index contributed by atoms with van der Waals surface area (Å²) in [5, 5.41) is 6.77. The van der Waals surface area contributed by atoms with E-state index >= 15 is 0 Å². The molecule has 0 aromatic carbocycles. The Balaban J connectivity index is 1.77. The average molecular weight is 261 g/mol. The number of aromatic amines is 1. The van der Waals surface area contributed by atoms with Crippen LogP contribution in [0.2, 0.25) is 0 Å². The highest BCUT2D eigenvalue weighted by Crippen LogP contribution is 2.59. The van der Waals surface area contributed by atoms with Gasteiger partial charge in [-0.1, -0.05) is 0 Å². The summed E-state index contributed by atoms with van der Waals surface area (Å²) in [4.78, 5) is 15.9. The van der Waals surface area contributed by atoms with Crippen LogP contribution in [0.3, 0.4) is 0 Å². The van der Waals surface area contributed by atoms with Crippen LogP contribution in [0.5, 0.6) is 0 Å². The van der Waals surface area contributed by atoms with E-state index in [0.29, 0.717) is 0 Å². The van der Waals surface area contributed by atoms with Gasteiger partial charge in [-0.3, -0.25) is 4.79 Å². The van der Waals surface area contributed by atoms with Crippen molar-refractivity contribution < 1.29 is 0 Å². The molecule has 6 nitrogen and oxygen atoms in total. The molecular weight excluding hydrogens is 242 g/mol. The van der Waals surface area contributed by atoms with Crippen molar-refractivity contribution in [1.82, 2.24) is 15.2 Å². The Morgan fingerprint density at radius 2 is 1.74 bits per heavy atom. The SMILES string of the molecule is NNc1nc(C23CC4CC(CC(C4)C2)C3)n[nH]c1=O. The molecule has 5 rings (SSSR count). The van der Waals surface area contributed by atoms with E-state index in [0.717, 1.165) is 23.6 Å². The molecule has 4 saturated carbocycles. The van der Waals surface area contributed by atoms with E-state index in [1.807, 2.05) is 0 Å². The number of nitrogens with zero attached hydrogens (tertiary/aromatic N) is 2. The number of aromatic nitrogens is 3. The van der Waals surface area contributed by atoms with E-state index in [1.165, 1.54) is 38.5 Å². The van der Waals surface area contributed by atoms with E-state index in [9.17, 15) is 4.79 Å². The highest BCUT2D eigenvalue weighted by atomic mass is 16.1. The van der Waals surface area contributed by atoms with Crippen molar-refractivity contribution >= 4 is 5.82 Å². The summed E-state index contributed by atoms with van der Waals surface area (Å²) in [5.41, 5.74) is 2.11. The first kappa shape index (κ1) is 11.4. The zero-order valence-corrected chi connectivity index (χ0v) is 10.9. The van der Waals surface area contributed by atoms with Gasteiger partial charge in [-0.15, -0.1) is 0 Å². The largest absolute Gasteiger partial charge is 0.308 e. The summed E-state index contributed by atoms with van der Waals surface area (Å²) in [6, 6.07) is 0. The molecule has 4 aliphatic carbocycles. The fourth-order valence-corrected chi connectivity index (χ4v) is 5.06. The van der Waals surface area contributed by atoms with Gasteiger partial charge in [-0.25, -0.2) is 15.9 Å². The number of rotatable bonds is 2. The third kappa shape index (κ3) is 1.62. The van der Waals surface area contributed by atoms with Crippen LogP contribution in [-0.2, 0) is 5.41 Å². The molecule has 19 heavy (non-hydrogen) atoms.